The molecule has 1 amide bonds. The molecule has 0 radical (unpaired) electrons. The molecular weight excluding hydrogens is 312 g/mol. The van der Waals surface area contributed by atoms with Gasteiger partial charge in [-0.1, -0.05) is 52.3 Å². The molecular formula is C21H30N2O2. The molecule has 0 heterocycles. The predicted molar refractivity (Wildman–Crippen MR) is 103 cm³/mol. The molecule has 25 heavy (non-hydrogen) atoms. The molecule has 0 fully saturated rings. The lowest BCUT2D eigenvalue weighted by Gasteiger charge is -2.29. The fourth-order valence-electron chi connectivity index (χ4n) is 3.13. The number of allylic oxidation sites excluding steroid dienone is 2. The Bertz CT molecular complexity index is 677. The number of carbonyl (C=O) groups excluding carboxylic acids is 1. The molecule has 0 saturated carbocycles. The Balaban J connectivity index is 1.87. The largest absolute Gasteiger partial charge is 0.484 e. The molecule has 1 aliphatic carbocycles. The minimum absolute atomic E-state index is 0.0439. The first-order valence-electron chi connectivity index (χ1n) is 8.81. The second kappa shape index (κ2) is 7.42. The van der Waals surface area contributed by atoms with E-state index in [0.717, 1.165) is 18.6 Å². The molecule has 0 unspecified atom stereocenters. The number of hydrogen-bond acceptors (Lipinski definition) is 3. The zero-order chi connectivity index (χ0) is 18.7. The van der Waals surface area contributed by atoms with E-state index < -0.39 is 0 Å². The summed E-state index contributed by atoms with van der Waals surface area (Å²) >= 11 is 0. The fraction of sp³-hybridized carbons (Fsp3) is 0.524. The Morgan fingerprint density at radius 2 is 1.84 bits per heavy atom. The Kier molecular flexibility index (Phi) is 5.71. The second-order valence-corrected chi connectivity index (χ2v) is 8.71. The lowest BCUT2D eigenvalue weighted by molar-refractivity contribution is -0.123. The van der Waals surface area contributed by atoms with Gasteiger partial charge in [-0.05, 0) is 54.4 Å². The molecule has 1 N–H and O–H groups in total. The SMILES string of the molecule is CC1=C/C(=N/NC(=O)COc2ccc(C(C)(C)C)cc2)CC(C)(C)C1. The molecule has 0 bridgehead atoms. The lowest BCUT2D eigenvalue weighted by atomic mass is 9.77. The van der Waals surface area contributed by atoms with Crippen LogP contribution in [-0.4, -0.2) is 18.2 Å². The summed E-state index contributed by atoms with van der Waals surface area (Å²) in [6, 6.07) is 7.86. The van der Waals surface area contributed by atoms with Gasteiger partial charge in [0.25, 0.3) is 5.91 Å². The average molecular weight is 342 g/mol. The number of benzene rings is 1. The van der Waals surface area contributed by atoms with E-state index in [0.29, 0.717) is 5.75 Å². The van der Waals surface area contributed by atoms with E-state index in [1.54, 1.807) is 0 Å². The minimum Gasteiger partial charge on any atom is -0.484 e. The summed E-state index contributed by atoms with van der Waals surface area (Å²) < 4.78 is 5.54. The van der Waals surface area contributed by atoms with Crippen LogP contribution in [0.4, 0.5) is 0 Å². The summed E-state index contributed by atoms with van der Waals surface area (Å²) in [5.41, 5.74) is 6.33. The van der Waals surface area contributed by atoms with Gasteiger partial charge in [-0.15, -0.1) is 0 Å². The highest BCUT2D eigenvalue weighted by molar-refractivity contribution is 5.97. The smallest absolute Gasteiger partial charge is 0.277 e. The molecule has 136 valence electrons. The second-order valence-electron chi connectivity index (χ2n) is 8.71. The van der Waals surface area contributed by atoms with Crippen molar-refractivity contribution in [2.75, 3.05) is 6.61 Å². The number of carbonyl (C=O) groups is 1. The predicted octanol–water partition coefficient (Wildman–Crippen LogP) is 4.60. The summed E-state index contributed by atoms with van der Waals surface area (Å²) in [5.74, 6) is 0.437. The maximum absolute atomic E-state index is 12.0. The highest BCUT2D eigenvalue weighted by Gasteiger charge is 2.24. The Morgan fingerprint density at radius 3 is 2.40 bits per heavy atom. The maximum Gasteiger partial charge on any atom is 0.277 e. The van der Waals surface area contributed by atoms with Gasteiger partial charge < -0.3 is 4.74 Å². The standard InChI is InChI=1S/C21H30N2O2/c1-15-11-17(13-21(5,6)12-15)22-23-19(24)14-25-18-9-7-16(8-10-18)20(2,3)4/h7-11H,12-14H2,1-6H3,(H,23,24)/b22-17-. The van der Waals surface area contributed by atoms with Crippen molar-refractivity contribution in [2.45, 2.75) is 59.8 Å². The average Bonchev–Trinajstić information content (AvgIpc) is 2.48. The van der Waals surface area contributed by atoms with E-state index in [-0.39, 0.29) is 23.3 Å². The van der Waals surface area contributed by atoms with Gasteiger partial charge in [0, 0.05) is 0 Å². The maximum atomic E-state index is 12.0. The number of hydrazone groups is 1. The molecule has 0 saturated heterocycles. The minimum atomic E-state index is -0.248. The van der Waals surface area contributed by atoms with Crippen molar-refractivity contribution >= 4 is 11.6 Å². The Hall–Kier alpha value is -2.10. The van der Waals surface area contributed by atoms with Gasteiger partial charge in [0.05, 0.1) is 5.71 Å². The first kappa shape index (κ1) is 19.2. The quantitative estimate of drug-likeness (QED) is 0.813. The van der Waals surface area contributed by atoms with Crippen LogP contribution in [0.2, 0.25) is 0 Å². The van der Waals surface area contributed by atoms with Gasteiger partial charge in [0.15, 0.2) is 6.61 Å². The van der Waals surface area contributed by atoms with Crippen molar-refractivity contribution in [1.29, 1.82) is 0 Å². The van der Waals surface area contributed by atoms with Crippen LogP contribution in [0.5, 0.6) is 5.75 Å². The van der Waals surface area contributed by atoms with Crippen molar-refractivity contribution in [3.8, 4) is 5.75 Å². The normalized spacial score (nSPS) is 18.6. The van der Waals surface area contributed by atoms with Gasteiger partial charge in [-0.2, -0.15) is 5.10 Å². The van der Waals surface area contributed by atoms with Gasteiger partial charge in [-0.25, -0.2) is 5.43 Å². The van der Waals surface area contributed by atoms with Gasteiger partial charge in [0.2, 0.25) is 0 Å². The van der Waals surface area contributed by atoms with Crippen LogP contribution in [0.3, 0.4) is 0 Å². The van der Waals surface area contributed by atoms with Crippen molar-refractivity contribution in [1.82, 2.24) is 5.43 Å². The van der Waals surface area contributed by atoms with Crippen molar-refractivity contribution < 1.29 is 9.53 Å². The van der Waals surface area contributed by atoms with E-state index in [1.165, 1.54) is 11.1 Å². The first-order chi connectivity index (χ1) is 11.5. The molecule has 4 nitrogen and oxygen atoms in total. The number of ether oxygens (including phenoxy) is 1. The first-order valence-corrected chi connectivity index (χ1v) is 8.81. The van der Waals surface area contributed by atoms with E-state index in [9.17, 15) is 4.79 Å². The van der Waals surface area contributed by atoms with E-state index in [2.05, 4.69) is 58.1 Å². The molecule has 0 aromatic heterocycles. The van der Waals surface area contributed by atoms with Crippen LogP contribution < -0.4 is 10.2 Å². The summed E-state index contributed by atoms with van der Waals surface area (Å²) in [5, 5.41) is 4.25. The monoisotopic (exact) mass is 342 g/mol. The Morgan fingerprint density at radius 1 is 1.20 bits per heavy atom. The molecule has 1 aromatic rings. The van der Waals surface area contributed by atoms with Crippen LogP contribution in [0, 0.1) is 5.41 Å². The highest BCUT2D eigenvalue weighted by Crippen LogP contribution is 2.33. The van der Waals surface area contributed by atoms with Crippen molar-refractivity contribution in [2.24, 2.45) is 10.5 Å². The highest BCUT2D eigenvalue weighted by atomic mass is 16.5. The number of nitrogens with one attached hydrogen (secondary N) is 1. The Labute approximate surface area is 151 Å². The number of nitrogens with zero attached hydrogens (tertiary/aromatic N) is 1. The van der Waals surface area contributed by atoms with Crippen LogP contribution in [0.25, 0.3) is 0 Å². The number of amides is 1. The topological polar surface area (TPSA) is 50.7 Å². The summed E-state index contributed by atoms with van der Waals surface area (Å²) in [7, 11) is 0. The molecule has 0 atom stereocenters. The molecule has 0 aliphatic heterocycles. The van der Waals surface area contributed by atoms with E-state index >= 15 is 0 Å². The van der Waals surface area contributed by atoms with Crippen molar-refractivity contribution in [3.63, 3.8) is 0 Å². The molecule has 1 aromatic carbocycles. The third-order valence-electron chi connectivity index (χ3n) is 4.24. The number of rotatable bonds is 4. The summed E-state index contributed by atoms with van der Waals surface area (Å²) in [6.45, 7) is 13.0. The number of hydrogen-bond donors (Lipinski definition) is 1. The third-order valence-corrected chi connectivity index (χ3v) is 4.24. The van der Waals surface area contributed by atoms with E-state index in [1.807, 2.05) is 24.3 Å². The van der Waals surface area contributed by atoms with Gasteiger partial charge in [0.1, 0.15) is 5.75 Å². The van der Waals surface area contributed by atoms with Crippen LogP contribution in [-0.2, 0) is 10.2 Å². The molecule has 1 aliphatic rings. The lowest BCUT2D eigenvalue weighted by Crippen LogP contribution is -2.28. The third kappa shape index (κ3) is 6.04. The zero-order valence-electron chi connectivity index (χ0n) is 16.3. The van der Waals surface area contributed by atoms with Gasteiger partial charge >= 0.3 is 0 Å². The molecule has 0 spiro atoms. The summed E-state index contributed by atoms with van der Waals surface area (Å²) in [6.07, 6.45) is 3.98. The van der Waals surface area contributed by atoms with Crippen molar-refractivity contribution in [3.05, 3.63) is 41.5 Å². The van der Waals surface area contributed by atoms with Crippen LogP contribution >= 0.6 is 0 Å². The van der Waals surface area contributed by atoms with Gasteiger partial charge in [-0.3, -0.25) is 4.79 Å². The molecule has 4 heteroatoms. The summed E-state index contributed by atoms with van der Waals surface area (Å²) in [4.78, 5) is 12.0. The van der Waals surface area contributed by atoms with Crippen LogP contribution in [0.1, 0.15) is 59.9 Å². The fourth-order valence-corrected chi connectivity index (χ4v) is 3.13. The van der Waals surface area contributed by atoms with E-state index in [4.69, 9.17) is 4.74 Å². The zero-order valence-corrected chi connectivity index (χ0v) is 16.3. The molecule has 2 rings (SSSR count). The van der Waals surface area contributed by atoms with Crippen LogP contribution in [0.15, 0.2) is 41.0 Å².